The molecule has 2 aromatic rings. The van der Waals surface area contributed by atoms with Crippen LogP contribution in [-0.2, 0) is 6.18 Å². The highest BCUT2D eigenvalue weighted by Crippen LogP contribution is 2.29. The van der Waals surface area contributed by atoms with Crippen LogP contribution in [0.15, 0.2) is 18.3 Å². The first-order valence-electron chi connectivity index (χ1n) is 6.76. The molecule has 1 N–H and O–H groups in total. The van der Waals surface area contributed by atoms with Crippen molar-refractivity contribution in [3.63, 3.8) is 0 Å². The molecule has 1 aliphatic heterocycles. The minimum Gasteiger partial charge on any atom is -0.347 e. The van der Waals surface area contributed by atoms with E-state index in [0.717, 1.165) is 36.6 Å². The third-order valence-corrected chi connectivity index (χ3v) is 4.59. The average Bonchev–Trinajstić information content (AvgIpc) is 2.91. The summed E-state index contributed by atoms with van der Waals surface area (Å²) in [6, 6.07) is 2.13. The molecule has 0 bridgehead atoms. The summed E-state index contributed by atoms with van der Waals surface area (Å²) in [7, 11) is 0. The van der Waals surface area contributed by atoms with Gasteiger partial charge in [-0.15, -0.1) is 0 Å². The largest absolute Gasteiger partial charge is 0.433 e. The van der Waals surface area contributed by atoms with Crippen molar-refractivity contribution >= 4 is 23.3 Å². The van der Waals surface area contributed by atoms with E-state index >= 15 is 0 Å². The zero-order valence-corrected chi connectivity index (χ0v) is 12.2. The monoisotopic (exact) mass is 330 g/mol. The SMILES string of the molecule is O=C(NC1CCCSC1)c1cc2nccc(C(F)(F)F)n2n1. The first kappa shape index (κ1) is 15.1. The van der Waals surface area contributed by atoms with Crippen LogP contribution in [0.5, 0.6) is 0 Å². The van der Waals surface area contributed by atoms with Crippen LogP contribution in [0, 0.1) is 0 Å². The number of carbonyl (C=O) groups is 1. The Labute approximate surface area is 128 Å². The Balaban J connectivity index is 1.87. The van der Waals surface area contributed by atoms with Gasteiger partial charge in [-0.25, -0.2) is 9.50 Å². The zero-order valence-electron chi connectivity index (χ0n) is 11.4. The van der Waals surface area contributed by atoms with Crippen molar-refractivity contribution in [2.75, 3.05) is 11.5 Å². The standard InChI is InChI=1S/C13H13F3N4OS/c14-13(15,16)10-3-4-17-11-6-9(19-20(10)11)12(21)18-8-2-1-5-22-7-8/h3-4,6,8H,1-2,5,7H2,(H,18,21). The maximum absolute atomic E-state index is 12.9. The Hall–Kier alpha value is -1.77. The van der Waals surface area contributed by atoms with Gasteiger partial charge in [0.1, 0.15) is 5.69 Å². The van der Waals surface area contributed by atoms with Gasteiger partial charge in [0.2, 0.25) is 0 Å². The molecule has 0 spiro atoms. The van der Waals surface area contributed by atoms with Gasteiger partial charge in [0, 0.05) is 24.1 Å². The van der Waals surface area contributed by atoms with Gasteiger partial charge < -0.3 is 5.32 Å². The number of nitrogens with one attached hydrogen (secondary N) is 1. The lowest BCUT2D eigenvalue weighted by Gasteiger charge is -2.21. The number of halogens is 3. The minimum absolute atomic E-state index is 0.00186. The summed E-state index contributed by atoms with van der Waals surface area (Å²) >= 11 is 1.75. The molecular weight excluding hydrogens is 317 g/mol. The molecule has 3 rings (SSSR count). The molecule has 2 aromatic heterocycles. The lowest BCUT2D eigenvalue weighted by Crippen LogP contribution is -2.38. The number of nitrogens with zero attached hydrogens (tertiary/aromatic N) is 3. The molecule has 9 heteroatoms. The van der Waals surface area contributed by atoms with Crippen molar-refractivity contribution in [1.29, 1.82) is 0 Å². The van der Waals surface area contributed by atoms with Crippen LogP contribution < -0.4 is 5.32 Å². The second kappa shape index (κ2) is 5.79. The van der Waals surface area contributed by atoms with Gasteiger partial charge in [-0.3, -0.25) is 4.79 Å². The van der Waals surface area contributed by atoms with Crippen LogP contribution in [0.2, 0.25) is 0 Å². The van der Waals surface area contributed by atoms with Crippen molar-refractivity contribution in [2.24, 2.45) is 0 Å². The molecule has 5 nitrogen and oxygen atoms in total. The first-order chi connectivity index (χ1) is 10.4. The van der Waals surface area contributed by atoms with E-state index < -0.39 is 17.8 Å². The Morgan fingerprint density at radius 1 is 1.45 bits per heavy atom. The highest BCUT2D eigenvalue weighted by atomic mass is 32.2. The van der Waals surface area contributed by atoms with Gasteiger partial charge >= 0.3 is 6.18 Å². The molecule has 3 heterocycles. The van der Waals surface area contributed by atoms with E-state index in [-0.39, 0.29) is 17.4 Å². The van der Waals surface area contributed by atoms with Gasteiger partial charge in [0.05, 0.1) is 0 Å². The predicted octanol–water partition coefficient (Wildman–Crippen LogP) is 2.37. The first-order valence-corrected chi connectivity index (χ1v) is 7.91. The maximum atomic E-state index is 12.9. The molecule has 1 fully saturated rings. The van der Waals surface area contributed by atoms with E-state index in [1.165, 1.54) is 6.07 Å². The second-order valence-electron chi connectivity index (χ2n) is 5.01. The van der Waals surface area contributed by atoms with Crippen LogP contribution in [-0.4, -0.2) is 38.1 Å². The van der Waals surface area contributed by atoms with Crippen LogP contribution in [0.4, 0.5) is 13.2 Å². The van der Waals surface area contributed by atoms with Gasteiger partial charge in [0.25, 0.3) is 5.91 Å². The van der Waals surface area contributed by atoms with Crippen LogP contribution in [0.1, 0.15) is 29.0 Å². The number of aromatic nitrogens is 3. The molecule has 0 radical (unpaired) electrons. The van der Waals surface area contributed by atoms with Crippen molar-refractivity contribution in [3.8, 4) is 0 Å². The summed E-state index contributed by atoms with van der Waals surface area (Å²) in [4.78, 5) is 16.0. The number of fused-ring (bicyclic) bond motifs is 1. The summed E-state index contributed by atoms with van der Waals surface area (Å²) in [5, 5.41) is 6.57. The molecule has 1 unspecified atom stereocenters. The van der Waals surface area contributed by atoms with E-state index in [0.29, 0.717) is 4.52 Å². The van der Waals surface area contributed by atoms with E-state index in [1.54, 1.807) is 11.8 Å². The molecular formula is C13H13F3N4OS. The minimum atomic E-state index is -4.55. The lowest BCUT2D eigenvalue weighted by atomic mass is 10.2. The van der Waals surface area contributed by atoms with Gasteiger partial charge in [-0.1, -0.05) is 0 Å². The number of thioether (sulfide) groups is 1. The van der Waals surface area contributed by atoms with E-state index in [2.05, 4.69) is 15.4 Å². The highest BCUT2D eigenvalue weighted by molar-refractivity contribution is 7.99. The van der Waals surface area contributed by atoms with E-state index in [4.69, 9.17) is 0 Å². The number of alkyl halides is 3. The zero-order chi connectivity index (χ0) is 15.7. The van der Waals surface area contributed by atoms with Crippen molar-refractivity contribution in [2.45, 2.75) is 25.1 Å². The fourth-order valence-corrected chi connectivity index (χ4v) is 3.41. The van der Waals surface area contributed by atoms with Crippen LogP contribution in [0.25, 0.3) is 5.65 Å². The average molecular weight is 330 g/mol. The third-order valence-electron chi connectivity index (χ3n) is 3.38. The number of amides is 1. The Morgan fingerprint density at radius 3 is 2.95 bits per heavy atom. The topological polar surface area (TPSA) is 59.3 Å². The molecule has 22 heavy (non-hydrogen) atoms. The highest BCUT2D eigenvalue weighted by Gasteiger charge is 2.34. The number of carbonyl (C=O) groups excluding carboxylic acids is 1. The Bertz CT molecular complexity index is 694. The number of hydrogen-bond acceptors (Lipinski definition) is 4. The Morgan fingerprint density at radius 2 is 2.27 bits per heavy atom. The predicted molar refractivity (Wildman–Crippen MR) is 75.8 cm³/mol. The van der Waals surface area contributed by atoms with Crippen molar-refractivity contribution in [3.05, 3.63) is 29.7 Å². The molecule has 1 aliphatic rings. The molecule has 0 saturated carbocycles. The summed E-state index contributed by atoms with van der Waals surface area (Å²) in [6.07, 6.45) is -1.61. The fourth-order valence-electron chi connectivity index (χ4n) is 2.33. The van der Waals surface area contributed by atoms with Crippen molar-refractivity contribution in [1.82, 2.24) is 19.9 Å². The summed E-state index contributed by atoms with van der Waals surface area (Å²) in [5.74, 6) is 1.41. The molecule has 1 saturated heterocycles. The fraction of sp³-hybridized carbons (Fsp3) is 0.462. The van der Waals surface area contributed by atoms with Gasteiger partial charge in [0.15, 0.2) is 11.3 Å². The molecule has 0 aliphatic carbocycles. The summed E-state index contributed by atoms with van der Waals surface area (Å²) in [5.41, 5.74) is -1.01. The molecule has 1 amide bonds. The van der Waals surface area contributed by atoms with Gasteiger partial charge in [-0.05, 0) is 24.7 Å². The molecule has 0 aromatic carbocycles. The van der Waals surface area contributed by atoms with Crippen LogP contribution >= 0.6 is 11.8 Å². The second-order valence-corrected chi connectivity index (χ2v) is 6.16. The summed E-state index contributed by atoms with van der Waals surface area (Å²) < 4.78 is 39.4. The third kappa shape index (κ3) is 3.03. The van der Waals surface area contributed by atoms with E-state index in [9.17, 15) is 18.0 Å². The summed E-state index contributed by atoms with van der Waals surface area (Å²) in [6.45, 7) is 0. The van der Waals surface area contributed by atoms with Gasteiger partial charge in [-0.2, -0.15) is 30.0 Å². The normalized spacial score (nSPS) is 19.3. The number of rotatable bonds is 2. The van der Waals surface area contributed by atoms with Crippen molar-refractivity contribution < 1.29 is 18.0 Å². The maximum Gasteiger partial charge on any atom is 0.433 e. The lowest BCUT2D eigenvalue weighted by molar-refractivity contribution is -0.142. The number of hydrogen-bond donors (Lipinski definition) is 1. The van der Waals surface area contributed by atoms with Crippen LogP contribution in [0.3, 0.4) is 0 Å². The molecule has 1 atom stereocenters. The molecule has 118 valence electrons. The smallest absolute Gasteiger partial charge is 0.347 e. The quantitative estimate of drug-likeness (QED) is 0.918. The Kier molecular flexibility index (Phi) is 3.98. The van der Waals surface area contributed by atoms with E-state index in [1.807, 2.05) is 0 Å².